The number of phenolic OH excluding ortho intramolecular Hbond substituents is 1. The maximum absolute atomic E-state index is 10.2. The number of phenols is 1. The molecule has 0 bridgehead atoms. The van der Waals surface area contributed by atoms with Gasteiger partial charge in [-0.1, -0.05) is 18.2 Å². The third kappa shape index (κ3) is 4.41. The number of aromatic carboxylic acids is 1. The van der Waals surface area contributed by atoms with Crippen LogP contribution in [0, 0.1) is 0 Å². The molecule has 3 aromatic rings. The van der Waals surface area contributed by atoms with Gasteiger partial charge in [-0.05, 0) is 12.1 Å². The fourth-order valence-electron chi connectivity index (χ4n) is 1.89. The predicted octanol–water partition coefficient (Wildman–Crippen LogP) is 3.87. The summed E-state index contributed by atoms with van der Waals surface area (Å²) in [6, 6.07) is 15.3. The van der Waals surface area contributed by atoms with Gasteiger partial charge in [0.25, 0.3) is 0 Å². The van der Waals surface area contributed by atoms with Gasteiger partial charge < -0.3 is 5.11 Å². The van der Waals surface area contributed by atoms with Crippen LogP contribution in [0.15, 0.2) is 69.8 Å². The van der Waals surface area contributed by atoms with Crippen LogP contribution in [0.25, 0.3) is 10.9 Å². The topological polar surface area (TPSA) is 95.1 Å². The summed E-state index contributed by atoms with van der Waals surface area (Å²) >= 11 is 0.766. The summed E-state index contributed by atoms with van der Waals surface area (Å²) in [6.07, 6.45) is 1.64. The first-order valence-corrected chi connectivity index (χ1v) is 7.98. The average Bonchev–Trinajstić information content (AvgIpc) is 2.59. The number of nitrogens with zero attached hydrogens (tertiary/aromatic N) is 3. The molecule has 1 aromatic heterocycles. The number of aromatic nitrogens is 1. The van der Waals surface area contributed by atoms with Crippen LogP contribution < -0.4 is 0 Å². The van der Waals surface area contributed by atoms with Gasteiger partial charge in [-0.2, -0.15) is 0 Å². The molecule has 0 fully saturated rings. The van der Waals surface area contributed by atoms with Crippen molar-refractivity contribution >= 4 is 22.6 Å². The summed E-state index contributed by atoms with van der Waals surface area (Å²) in [4.78, 5) is 14.3. The Morgan fingerprint density at radius 1 is 1.04 bits per heavy atom. The number of carboxylic acid groups (broad SMARTS) is 1. The SMILES string of the molecule is O=C(O)c1ccccc1.Oc1ccc(N=[N][Zn])c2cccnc12. The summed E-state index contributed by atoms with van der Waals surface area (Å²) in [6.45, 7) is 0. The normalized spacial score (nSPS) is 10.3. The van der Waals surface area contributed by atoms with Crippen molar-refractivity contribution in [2.75, 3.05) is 0 Å². The molecule has 0 radical (unpaired) electrons. The summed E-state index contributed by atoms with van der Waals surface area (Å²) in [5.41, 5.74) is 1.65. The molecule has 0 aliphatic rings. The van der Waals surface area contributed by atoms with Crippen LogP contribution in [-0.2, 0) is 18.5 Å². The van der Waals surface area contributed by atoms with E-state index < -0.39 is 5.97 Å². The number of fused-ring (bicyclic) bond motifs is 1. The average molecular weight is 360 g/mol. The Balaban J connectivity index is 0.000000185. The van der Waals surface area contributed by atoms with Crippen molar-refractivity contribution in [1.29, 1.82) is 0 Å². The molecule has 0 aliphatic carbocycles. The Morgan fingerprint density at radius 3 is 2.39 bits per heavy atom. The molecular weight excluding hydrogens is 348 g/mol. The van der Waals surface area contributed by atoms with Crippen molar-refractivity contribution in [2.45, 2.75) is 0 Å². The van der Waals surface area contributed by atoms with E-state index in [0.717, 1.165) is 29.6 Å². The quantitative estimate of drug-likeness (QED) is 0.536. The molecule has 1 heterocycles. The number of carboxylic acids is 1. The Morgan fingerprint density at radius 2 is 1.78 bits per heavy atom. The molecule has 23 heavy (non-hydrogen) atoms. The van der Waals surface area contributed by atoms with Gasteiger partial charge in [0.2, 0.25) is 0 Å². The van der Waals surface area contributed by atoms with E-state index in [1.54, 1.807) is 48.7 Å². The zero-order valence-electron chi connectivity index (χ0n) is 12.1. The monoisotopic (exact) mass is 358 g/mol. The zero-order chi connectivity index (χ0) is 16.7. The summed E-state index contributed by atoms with van der Waals surface area (Å²) in [5, 5.41) is 22.8. The second-order valence-electron chi connectivity index (χ2n) is 4.42. The zero-order valence-corrected chi connectivity index (χ0v) is 15.1. The van der Waals surface area contributed by atoms with Crippen LogP contribution in [-0.4, -0.2) is 21.2 Å². The number of benzene rings is 2. The molecular formula is C16H12N3O3Zn. The van der Waals surface area contributed by atoms with Gasteiger partial charge in [-0.25, -0.2) is 4.79 Å². The Labute approximate surface area is 142 Å². The van der Waals surface area contributed by atoms with Gasteiger partial charge >= 0.3 is 96.4 Å². The predicted molar refractivity (Wildman–Crippen MR) is 81.3 cm³/mol. The minimum absolute atomic E-state index is 0.173. The third-order valence-corrected chi connectivity index (χ3v) is 3.22. The minimum atomic E-state index is -0.879. The van der Waals surface area contributed by atoms with Crippen molar-refractivity contribution in [1.82, 2.24) is 4.98 Å². The van der Waals surface area contributed by atoms with Crippen molar-refractivity contribution in [3.63, 3.8) is 0 Å². The van der Waals surface area contributed by atoms with Gasteiger partial charge in [0.1, 0.15) is 0 Å². The summed E-state index contributed by atoms with van der Waals surface area (Å²) < 4.78 is 3.83. The van der Waals surface area contributed by atoms with Crippen molar-refractivity contribution < 1.29 is 33.5 Å². The van der Waals surface area contributed by atoms with Gasteiger partial charge in [0.15, 0.2) is 0 Å². The number of carbonyl (C=O) groups is 1. The molecule has 7 heteroatoms. The van der Waals surface area contributed by atoms with Crippen LogP contribution in [0.1, 0.15) is 10.4 Å². The molecule has 2 N–H and O–H groups in total. The third-order valence-electron chi connectivity index (χ3n) is 2.92. The van der Waals surface area contributed by atoms with Crippen LogP contribution >= 0.6 is 0 Å². The number of aromatic hydroxyl groups is 1. The van der Waals surface area contributed by atoms with Crippen molar-refractivity contribution in [3.8, 4) is 5.75 Å². The molecule has 0 amide bonds. The fourth-order valence-corrected chi connectivity index (χ4v) is 2.21. The van der Waals surface area contributed by atoms with Crippen LogP contribution in [0.2, 0.25) is 0 Å². The van der Waals surface area contributed by atoms with Crippen molar-refractivity contribution in [2.24, 2.45) is 8.97 Å². The van der Waals surface area contributed by atoms with E-state index in [0.29, 0.717) is 11.1 Å². The standard InChI is InChI=1S/C9H6N3O.C7H6O2.Zn/c10-12-7-3-4-8(13)9-6(7)2-1-5-11-9;8-7(9)6-4-2-1-3-5-6;/h1-5,13H;1-5H,(H,8,9);/q-1;;+1. The number of pyridine rings is 1. The van der Waals surface area contributed by atoms with E-state index in [2.05, 4.69) is 14.0 Å². The Bertz CT molecular complexity index is 838. The van der Waals surface area contributed by atoms with Crippen LogP contribution in [0.3, 0.4) is 0 Å². The summed E-state index contributed by atoms with van der Waals surface area (Å²) in [7, 11) is 0. The molecule has 0 atom stereocenters. The van der Waals surface area contributed by atoms with E-state index in [1.165, 1.54) is 0 Å². The molecule has 0 aliphatic heterocycles. The first-order valence-electron chi connectivity index (χ1n) is 6.65. The van der Waals surface area contributed by atoms with Crippen molar-refractivity contribution in [3.05, 3.63) is 66.4 Å². The molecule has 3 rings (SSSR count). The van der Waals surface area contributed by atoms with E-state index in [-0.39, 0.29) is 5.75 Å². The van der Waals surface area contributed by atoms with E-state index in [1.807, 2.05) is 12.1 Å². The van der Waals surface area contributed by atoms with E-state index in [4.69, 9.17) is 5.11 Å². The van der Waals surface area contributed by atoms with Gasteiger partial charge in [-0.3, -0.25) is 0 Å². The number of hydrogen-bond donors (Lipinski definition) is 2. The maximum atomic E-state index is 10.2. The molecule has 0 spiro atoms. The number of rotatable bonds is 2. The number of hydrogen-bond acceptors (Lipinski definition) is 5. The van der Waals surface area contributed by atoms with E-state index in [9.17, 15) is 9.90 Å². The Kier molecular flexibility index (Phi) is 5.89. The van der Waals surface area contributed by atoms with Gasteiger partial charge in [0, 0.05) is 0 Å². The first kappa shape index (κ1) is 16.7. The fraction of sp³-hybridized carbons (Fsp3) is 0. The molecule has 111 valence electrons. The van der Waals surface area contributed by atoms with Crippen LogP contribution in [0.5, 0.6) is 5.75 Å². The molecule has 0 saturated heterocycles. The molecule has 0 saturated carbocycles. The van der Waals surface area contributed by atoms with Gasteiger partial charge in [0.05, 0.1) is 5.56 Å². The first-order chi connectivity index (χ1) is 11.1. The second kappa shape index (κ2) is 8.10. The van der Waals surface area contributed by atoms with Crippen LogP contribution in [0.4, 0.5) is 5.69 Å². The molecule has 6 nitrogen and oxygen atoms in total. The van der Waals surface area contributed by atoms with E-state index >= 15 is 0 Å². The Hall–Kier alpha value is -2.66. The summed E-state index contributed by atoms with van der Waals surface area (Å²) in [5.74, 6) is -0.706. The second-order valence-corrected chi connectivity index (χ2v) is 5.01. The molecule has 2 aromatic carbocycles. The molecule has 0 unspecified atom stereocenters. The van der Waals surface area contributed by atoms with Gasteiger partial charge in [-0.15, -0.1) is 0 Å².